The van der Waals surface area contributed by atoms with Gasteiger partial charge in [-0.25, -0.2) is 0 Å². The molecule has 5 heteroatoms. The second-order valence-electron chi connectivity index (χ2n) is 13.6. The van der Waals surface area contributed by atoms with E-state index in [-0.39, 0.29) is 30.6 Å². The first-order valence-corrected chi connectivity index (χ1v) is 14.8. The van der Waals surface area contributed by atoms with Crippen LogP contribution in [-0.4, -0.2) is 36.2 Å². The smallest absolute Gasteiger partial charge is 0.322 e. The third kappa shape index (κ3) is 5.56. The quantitative estimate of drug-likeness (QED) is 0.330. The number of carbonyl (C=O) groups excluding carboxylic acids is 1. The van der Waals surface area contributed by atoms with Gasteiger partial charge in [0.1, 0.15) is 13.2 Å². The van der Waals surface area contributed by atoms with Gasteiger partial charge in [-0.1, -0.05) is 65.5 Å². The van der Waals surface area contributed by atoms with Gasteiger partial charge in [0, 0.05) is 0 Å². The summed E-state index contributed by atoms with van der Waals surface area (Å²) in [5.41, 5.74) is 2.35. The van der Waals surface area contributed by atoms with E-state index >= 15 is 0 Å². The number of amides is 1. The predicted molar refractivity (Wildman–Crippen MR) is 143 cm³/mol. The molecule has 204 valence electrons. The van der Waals surface area contributed by atoms with E-state index in [1.54, 1.807) is 5.57 Å². The van der Waals surface area contributed by atoms with Crippen molar-refractivity contribution in [3.05, 3.63) is 11.6 Å². The molecule has 4 rings (SSSR count). The standard InChI is InChI=1S/C31H51NO4/c1-20(2)7-6-8-21(3)25-11-12-26-24-10-9-22-17-23(36-19-28(33)32-18-29(34)35)13-15-30(22,4)27(24)14-16-31(25,26)5/h9,20-21,23-27H,6-8,10-19H2,1-5H3,(H,32,33)(H,34,35)/t21-,23+,24+,25-,26+,27+,30+,31-/m1/s1. The van der Waals surface area contributed by atoms with Crippen LogP contribution in [0.4, 0.5) is 0 Å². The lowest BCUT2D eigenvalue weighted by Gasteiger charge is -2.58. The Kier molecular flexibility index (Phi) is 8.59. The van der Waals surface area contributed by atoms with Crippen LogP contribution in [-0.2, 0) is 14.3 Å². The van der Waals surface area contributed by atoms with Gasteiger partial charge in [0.25, 0.3) is 0 Å². The van der Waals surface area contributed by atoms with E-state index in [9.17, 15) is 9.59 Å². The number of carbonyl (C=O) groups is 2. The van der Waals surface area contributed by atoms with Crippen molar-refractivity contribution in [3.63, 3.8) is 0 Å². The maximum absolute atomic E-state index is 11.9. The van der Waals surface area contributed by atoms with Gasteiger partial charge in [0.05, 0.1) is 6.10 Å². The van der Waals surface area contributed by atoms with Crippen LogP contribution in [0.1, 0.15) is 105 Å². The second kappa shape index (κ2) is 11.2. The van der Waals surface area contributed by atoms with E-state index in [0.29, 0.717) is 5.41 Å². The van der Waals surface area contributed by atoms with Gasteiger partial charge >= 0.3 is 5.97 Å². The fourth-order valence-corrected chi connectivity index (χ4v) is 9.21. The van der Waals surface area contributed by atoms with Crippen LogP contribution in [0.25, 0.3) is 0 Å². The minimum absolute atomic E-state index is 0.0504. The third-order valence-electron chi connectivity index (χ3n) is 11.1. The van der Waals surface area contributed by atoms with Crippen LogP contribution >= 0.6 is 0 Å². The van der Waals surface area contributed by atoms with Crippen LogP contribution in [0.3, 0.4) is 0 Å². The molecule has 0 aromatic rings. The van der Waals surface area contributed by atoms with E-state index in [1.807, 2.05) is 0 Å². The van der Waals surface area contributed by atoms with Crippen molar-refractivity contribution in [3.8, 4) is 0 Å². The first-order valence-electron chi connectivity index (χ1n) is 14.8. The number of ether oxygens (including phenoxy) is 1. The normalized spacial score (nSPS) is 38.5. The molecule has 0 radical (unpaired) electrons. The van der Waals surface area contributed by atoms with Crippen molar-refractivity contribution >= 4 is 11.9 Å². The molecule has 0 heterocycles. The van der Waals surface area contributed by atoms with Gasteiger partial charge in [-0.15, -0.1) is 0 Å². The molecule has 0 saturated heterocycles. The summed E-state index contributed by atoms with van der Waals surface area (Å²) in [4.78, 5) is 22.6. The number of nitrogens with one attached hydrogen (secondary N) is 1. The van der Waals surface area contributed by atoms with Crippen LogP contribution in [0, 0.1) is 46.3 Å². The Morgan fingerprint density at radius 1 is 1.08 bits per heavy atom. The molecular weight excluding hydrogens is 450 g/mol. The summed E-state index contributed by atoms with van der Waals surface area (Å²) < 4.78 is 5.93. The van der Waals surface area contributed by atoms with Gasteiger partial charge in [0.15, 0.2) is 0 Å². The zero-order chi connectivity index (χ0) is 26.1. The van der Waals surface area contributed by atoms with Gasteiger partial charge in [-0.05, 0) is 97.7 Å². The Labute approximate surface area is 219 Å². The zero-order valence-electron chi connectivity index (χ0n) is 23.5. The van der Waals surface area contributed by atoms with Crippen LogP contribution in [0.5, 0.6) is 0 Å². The minimum atomic E-state index is -1.03. The number of hydrogen-bond acceptors (Lipinski definition) is 3. The van der Waals surface area contributed by atoms with Crippen LogP contribution in [0.2, 0.25) is 0 Å². The molecule has 4 aliphatic carbocycles. The van der Waals surface area contributed by atoms with Crippen molar-refractivity contribution in [1.82, 2.24) is 5.32 Å². The summed E-state index contributed by atoms with van der Waals surface area (Å²) in [7, 11) is 0. The number of fused-ring (bicyclic) bond motifs is 5. The molecular formula is C31H51NO4. The molecule has 5 nitrogen and oxygen atoms in total. The van der Waals surface area contributed by atoms with E-state index in [4.69, 9.17) is 9.84 Å². The average molecular weight is 502 g/mol. The lowest BCUT2D eigenvalue weighted by atomic mass is 9.47. The number of carboxylic acid groups (broad SMARTS) is 1. The summed E-state index contributed by atoms with van der Waals surface area (Å²) >= 11 is 0. The van der Waals surface area contributed by atoms with Crippen LogP contribution in [0.15, 0.2) is 11.6 Å². The second-order valence-corrected chi connectivity index (χ2v) is 13.6. The van der Waals surface area contributed by atoms with Gasteiger partial charge in [-0.3, -0.25) is 9.59 Å². The summed E-state index contributed by atoms with van der Waals surface area (Å²) in [5, 5.41) is 11.1. The average Bonchev–Trinajstić information content (AvgIpc) is 3.18. The molecule has 0 unspecified atom stereocenters. The Hall–Kier alpha value is -1.36. The highest BCUT2D eigenvalue weighted by atomic mass is 16.5. The van der Waals surface area contributed by atoms with Crippen molar-refractivity contribution < 1.29 is 19.4 Å². The number of aliphatic carboxylic acids is 1. The summed E-state index contributed by atoms with van der Waals surface area (Å²) in [6.45, 7) is 12.0. The van der Waals surface area contributed by atoms with Crippen molar-refractivity contribution in [1.29, 1.82) is 0 Å². The van der Waals surface area contributed by atoms with E-state index in [1.165, 1.54) is 51.4 Å². The van der Waals surface area contributed by atoms with E-state index < -0.39 is 5.97 Å². The number of allylic oxidation sites excluding steroid dienone is 1. The first-order chi connectivity index (χ1) is 17.0. The highest BCUT2D eigenvalue weighted by molar-refractivity contribution is 5.81. The number of hydrogen-bond donors (Lipinski definition) is 2. The molecule has 2 N–H and O–H groups in total. The summed E-state index contributed by atoms with van der Waals surface area (Å²) in [6.07, 6.45) is 16.7. The lowest BCUT2D eigenvalue weighted by molar-refractivity contribution is -0.139. The Bertz CT molecular complexity index is 836. The molecule has 4 aliphatic rings. The summed E-state index contributed by atoms with van der Waals surface area (Å²) in [5.74, 6) is 3.66. The van der Waals surface area contributed by atoms with Crippen LogP contribution < -0.4 is 5.32 Å². The molecule has 0 aliphatic heterocycles. The minimum Gasteiger partial charge on any atom is -0.480 e. The zero-order valence-corrected chi connectivity index (χ0v) is 23.5. The van der Waals surface area contributed by atoms with Crippen molar-refractivity contribution in [2.75, 3.05) is 13.2 Å². The fraction of sp³-hybridized carbons (Fsp3) is 0.871. The Balaban J connectivity index is 1.37. The predicted octanol–water partition coefficient (Wildman–Crippen LogP) is 6.61. The molecule has 0 bridgehead atoms. The van der Waals surface area contributed by atoms with Gasteiger partial charge in [0.2, 0.25) is 5.91 Å². The highest BCUT2D eigenvalue weighted by Gasteiger charge is 2.59. The van der Waals surface area contributed by atoms with Gasteiger partial charge < -0.3 is 15.2 Å². The third-order valence-corrected chi connectivity index (χ3v) is 11.1. The fourth-order valence-electron chi connectivity index (χ4n) is 9.21. The Morgan fingerprint density at radius 3 is 2.58 bits per heavy atom. The lowest BCUT2D eigenvalue weighted by Crippen LogP contribution is -2.51. The molecule has 3 saturated carbocycles. The molecule has 1 amide bonds. The number of rotatable bonds is 10. The topological polar surface area (TPSA) is 75.6 Å². The maximum atomic E-state index is 11.9. The summed E-state index contributed by atoms with van der Waals surface area (Å²) in [6, 6.07) is 0. The van der Waals surface area contributed by atoms with Crippen molar-refractivity contribution in [2.45, 2.75) is 111 Å². The molecule has 3 fully saturated rings. The molecule has 0 aromatic heterocycles. The highest BCUT2D eigenvalue weighted by Crippen LogP contribution is 2.67. The molecule has 0 spiro atoms. The van der Waals surface area contributed by atoms with Crippen molar-refractivity contribution in [2.24, 2.45) is 46.3 Å². The SMILES string of the molecule is CC(C)CCC[C@@H](C)[C@H]1CC[C@H]2[C@@H]3CC=C4C[C@@H](OCC(=O)NCC(=O)O)CC[C@]4(C)[C@H]3CC[C@]12C. The molecule has 0 aromatic carbocycles. The Morgan fingerprint density at radius 2 is 1.86 bits per heavy atom. The molecule has 36 heavy (non-hydrogen) atoms. The maximum Gasteiger partial charge on any atom is 0.322 e. The van der Waals surface area contributed by atoms with E-state index in [2.05, 4.69) is 46.0 Å². The van der Waals surface area contributed by atoms with E-state index in [0.717, 1.165) is 54.8 Å². The number of carboxylic acids is 1. The molecule has 8 atom stereocenters. The largest absolute Gasteiger partial charge is 0.480 e. The monoisotopic (exact) mass is 501 g/mol. The first kappa shape index (κ1) is 27.7. The van der Waals surface area contributed by atoms with Gasteiger partial charge in [-0.2, -0.15) is 0 Å².